The van der Waals surface area contributed by atoms with Crippen LogP contribution in [0.25, 0.3) is 0 Å². The molecule has 0 rings (SSSR count). The van der Waals surface area contributed by atoms with Gasteiger partial charge < -0.3 is 18.9 Å². The summed E-state index contributed by atoms with van der Waals surface area (Å²) in [6.07, 6.45) is 52.6. The standard InChI is InChI=1S/C49H90NO7P/c1-6-8-10-12-14-16-18-20-22-24-26-28-30-32-34-36-38-40-42-49(51)57-48(47-56-58(52,53)55-45-43-50(3,4)5)46-54-44-41-39-37-35-33-31-29-27-25-23-21-19-17-15-13-11-9-7-2/h9,11,15,17,21,23,27,29,33,35,48H,6-8,10,12-14,16,18-20,22,24-26,28,30-32,34,36-47H2,1-5H3/p+1/b11-9-,17-15-,23-21-,29-27-,35-33-. The van der Waals surface area contributed by atoms with Crippen molar-refractivity contribution in [1.29, 1.82) is 0 Å². The maximum atomic E-state index is 12.7. The van der Waals surface area contributed by atoms with E-state index in [9.17, 15) is 14.3 Å². The van der Waals surface area contributed by atoms with Crippen molar-refractivity contribution in [1.82, 2.24) is 0 Å². The highest BCUT2D eigenvalue weighted by molar-refractivity contribution is 7.47. The lowest BCUT2D eigenvalue weighted by Crippen LogP contribution is -2.37. The molecule has 0 aromatic heterocycles. The molecule has 0 saturated carbocycles. The zero-order chi connectivity index (χ0) is 42.7. The summed E-state index contributed by atoms with van der Waals surface area (Å²) in [6.45, 7) is 5.41. The van der Waals surface area contributed by atoms with E-state index in [2.05, 4.69) is 74.6 Å². The first-order chi connectivity index (χ1) is 28.1. The third-order valence-electron chi connectivity index (χ3n) is 9.84. The smallest absolute Gasteiger partial charge is 0.457 e. The van der Waals surface area contributed by atoms with Gasteiger partial charge in [0.1, 0.15) is 19.3 Å². The summed E-state index contributed by atoms with van der Waals surface area (Å²) in [7, 11) is 1.64. The number of quaternary nitrogens is 1. The number of carbonyl (C=O) groups excluding carboxylic acids is 1. The highest BCUT2D eigenvalue weighted by atomic mass is 31.2. The van der Waals surface area contributed by atoms with E-state index >= 15 is 0 Å². The van der Waals surface area contributed by atoms with Crippen LogP contribution >= 0.6 is 7.82 Å². The van der Waals surface area contributed by atoms with Crippen LogP contribution in [-0.2, 0) is 27.9 Å². The Kier molecular flexibility index (Phi) is 40.6. The molecule has 8 nitrogen and oxygen atoms in total. The molecule has 0 saturated heterocycles. The fourth-order valence-corrected chi connectivity index (χ4v) is 6.97. The SMILES string of the molecule is CC/C=C\C/C=C\C/C=C\C/C=C\C/C=C\CCCCOCC(COP(=O)(O)OCC[N+](C)(C)C)OC(=O)CCCCCCCCCCCCCCCCCCCC. The van der Waals surface area contributed by atoms with Gasteiger partial charge in [-0.3, -0.25) is 13.8 Å². The summed E-state index contributed by atoms with van der Waals surface area (Å²) in [6, 6.07) is 0. The Morgan fingerprint density at radius 2 is 1.00 bits per heavy atom. The van der Waals surface area contributed by atoms with Gasteiger partial charge in [-0.1, -0.05) is 184 Å². The average molecular weight is 837 g/mol. The molecule has 0 radical (unpaired) electrons. The van der Waals surface area contributed by atoms with Crippen LogP contribution in [0, 0.1) is 0 Å². The van der Waals surface area contributed by atoms with Crippen LogP contribution in [0.15, 0.2) is 60.8 Å². The number of esters is 1. The van der Waals surface area contributed by atoms with Gasteiger partial charge in [-0.05, 0) is 57.8 Å². The Balaban J connectivity index is 4.27. The molecule has 0 amide bonds. The first kappa shape index (κ1) is 56.2. The van der Waals surface area contributed by atoms with Crippen molar-refractivity contribution in [2.24, 2.45) is 0 Å². The molecule has 2 unspecified atom stereocenters. The zero-order valence-corrected chi connectivity index (χ0v) is 39.2. The van der Waals surface area contributed by atoms with Crippen LogP contribution < -0.4 is 0 Å². The molecule has 9 heteroatoms. The maximum Gasteiger partial charge on any atom is 0.472 e. The normalized spacial score (nSPS) is 14.2. The van der Waals surface area contributed by atoms with Crippen LogP contribution in [0.4, 0.5) is 0 Å². The first-order valence-corrected chi connectivity index (χ1v) is 25.0. The molecular weight excluding hydrogens is 746 g/mol. The fourth-order valence-electron chi connectivity index (χ4n) is 6.23. The van der Waals surface area contributed by atoms with E-state index < -0.39 is 13.9 Å². The van der Waals surface area contributed by atoms with Gasteiger partial charge in [-0.2, -0.15) is 0 Å². The highest BCUT2D eigenvalue weighted by Gasteiger charge is 2.26. The minimum atomic E-state index is -4.29. The van der Waals surface area contributed by atoms with Crippen molar-refractivity contribution < 1.29 is 37.3 Å². The van der Waals surface area contributed by atoms with Crippen LogP contribution in [0.3, 0.4) is 0 Å². The Labute approximate surface area is 358 Å². The average Bonchev–Trinajstić information content (AvgIpc) is 3.18. The molecule has 1 N–H and O–H groups in total. The van der Waals surface area contributed by atoms with Gasteiger partial charge in [0.2, 0.25) is 0 Å². The Hall–Kier alpha value is -1.80. The summed E-state index contributed by atoms with van der Waals surface area (Å²) in [5, 5.41) is 0. The van der Waals surface area contributed by atoms with Crippen LogP contribution in [0.1, 0.15) is 187 Å². The van der Waals surface area contributed by atoms with Crippen molar-refractivity contribution in [3.63, 3.8) is 0 Å². The fraction of sp³-hybridized carbons (Fsp3) is 0.776. The number of ether oxygens (including phenoxy) is 2. The number of carbonyl (C=O) groups is 1. The van der Waals surface area contributed by atoms with Gasteiger partial charge in [-0.15, -0.1) is 0 Å². The molecule has 2 atom stereocenters. The van der Waals surface area contributed by atoms with Gasteiger partial charge in [0.05, 0.1) is 34.4 Å². The number of phosphoric ester groups is 1. The highest BCUT2D eigenvalue weighted by Crippen LogP contribution is 2.43. The molecule has 0 heterocycles. The number of allylic oxidation sites excluding steroid dienone is 10. The number of likely N-dealkylation sites (N-methyl/N-ethyl adjacent to an activating group) is 1. The third-order valence-corrected chi connectivity index (χ3v) is 10.8. The molecule has 0 fully saturated rings. The molecule has 0 bridgehead atoms. The third kappa shape index (κ3) is 45.3. The predicted octanol–water partition coefficient (Wildman–Crippen LogP) is 14.1. The van der Waals surface area contributed by atoms with Crippen molar-refractivity contribution >= 4 is 13.8 Å². The number of hydrogen-bond acceptors (Lipinski definition) is 6. The van der Waals surface area contributed by atoms with Gasteiger partial charge in [0, 0.05) is 13.0 Å². The molecule has 58 heavy (non-hydrogen) atoms. The summed E-state index contributed by atoms with van der Waals surface area (Å²) in [5.74, 6) is -0.328. The van der Waals surface area contributed by atoms with Crippen LogP contribution in [0.5, 0.6) is 0 Å². The van der Waals surface area contributed by atoms with Gasteiger partial charge in [0.25, 0.3) is 0 Å². The molecule has 0 aromatic rings. The molecule has 0 aliphatic rings. The molecule has 0 spiro atoms. The van der Waals surface area contributed by atoms with Gasteiger partial charge >= 0.3 is 13.8 Å². The molecular formula is C49H91NO7P+. The summed E-state index contributed by atoms with van der Waals surface area (Å²) in [4.78, 5) is 22.9. The summed E-state index contributed by atoms with van der Waals surface area (Å²) >= 11 is 0. The lowest BCUT2D eigenvalue weighted by atomic mass is 10.0. The lowest BCUT2D eigenvalue weighted by Gasteiger charge is -2.24. The Morgan fingerprint density at radius 1 is 0.552 bits per heavy atom. The number of phosphoric acid groups is 1. The monoisotopic (exact) mass is 837 g/mol. The lowest BCUT2D eigenvalue weighted by molar-refractivity contribution is -0.870. The Morgan fingerprint density at radius 3 is 1.47 bits per heavy atom. The van der Waals surface area contributed by atoms with Crippen molar-refractivity contribution in [3.05, 3.63) is 60.8 Å². The first-order valence-electron chi connectivity index (χ1n) is 23.5. The van der Waals surface area contributed by atoms with Crippen LogP contribution in [0.2, 0.25) is 0 Å². The van der Waals surface area contributed by atoms with Crippen molar-refractivity contribution in [2.45, 2.75) is 193 Å². The number of rotatable bonds is 43. The number of nitrogens with zero attached hydrogens (tertiary/aromatic N) is 1. The molecule has 338 valence electrons. The summed E-state index contributed by atoms with van der Waals surface area (Å²) < 4.78 is 35.0. The second-order valence-electron chi connectivity index (χ2n) is 16.8. The van der Waals surface area contributed by atoms with E-state index in [-0.39, 0.29) is 25.8 Å². The van der Waals surface area contributed by atoms with Gasteiger partial charge in [-0.25, -0.2) is 4.57 Å². The number of hydrogen-bond donors (Lipinski definition) is 1. The van der Waals surface area contributed by atoms with Gasteiger partial charge in [0.15, 0.2) is 0 Å². The van der Waals surface area contributed by atoms with E-state index in [0.29, 0.717) is 24.1 Å². The zero-order valence-electron chi connectivity index (χ0n) is 38.3. The van der Waals surface area contributed by atoms with E-state index in [4.69, 9.17) is 18.5 Å². The minimum absolute atomic E-state index is 0.0788. The quantitative estimate of drug-likeness (QED) is 0.0215. The summed E-state index contributed by atoms with van der Waals surface area (Å²) in [5.41, 5.74) is 0. The van der Waals surface area contributed by atoms with Crippen LogP contribution in [-0.4, -0.2) is 75.6 Å². The minimum Gasteiger partial charge on any atom is -0.457 e. The molecule has 0 aliphatic carbocycles. The van der Waals surface area contributed by atoms with E-state index in [0.717, 1.165) is 70.6 Å². The number of unbranched alkanes of at least 4 members (excludes halogenated alkanes) is 19. The van der Waals surface area contributed by atoms with Crippen molar-refractivity contribution in [2.75, 3.05) is 54.1 Å². The second kappa shape index (κ2) is 41.9. The topological polar surface area (TPSA) is 91.3 Å². The van der Waals surface area contributed by atoms with E-state index in [1.54, 1.807) is 0 Å². The largest absolute Gasteiger partial charge is 0.472 e. The van der Waals surface area contributed by atoms with Crippen molar-refractivity contribution in [3.8, 4) is 0 Å². The molecule has 0 aromatic carbocycles. The maximum absolute atomic E-state index is 12.7. The van der Waals surface area contributed by atoms with E-state index in [1.807, 2.05) is 21.1 Å². The predicted molar refractivity (Wildman–Crippen MR) is 247 cm³/mol. The molecule has 0 aliphatic heterocycles. The van der Waals surface area contributed by atoms with E-state index in [1.165, 1.54) is 96.3 Å². The second-order valence-corrected chi connectivity index (χ2v) is 18.2. The Bertz CT molecular complexity index is 1110.